The quantitative estimate of drug-likeness (QED) is 0.688. The van der Waals surface area contributed by atoms with E-state index in [0.29, 0.717) is 40.7 Å². The van der Waals surface area contributed by atoms with E-state index in [9.17, 15) is 4.79 Å². The lowest BCUT2D eigenvalue weighted by Crippen LogP contribution is -2.12. The van der Waals surface area contributed by atoms with E-state index in [4.69, 9.17) is 21.6 Å². The molecule has 0 aliphatic heterocycles. The molecule has 0 aliphatic carbocycles. The van der Waals surface area contributed by atoms with Gasteiger partial charge in [-0.25, -0.2) is 0 Å². The van der Waals surface area contributed by atoms with Crippen molar-refractivity contribution in [1.29, 1.82) is 5.26 Å². The molecule has 0 saturated heterocycles. The number of amides is 1. The molecule has 27 heavy (non-hydrogen) atoms. The van der Waals surface area contributed by atoms with Crippen LogP contribution < -0.4 is 10.1 Å². The normalized spacial score (nSPS) is 10.3. The van der Waals surface area contributed by atoms with Gasteiger partial charge in [-0.2, -0.15) is 10.4 Å². The minimum absolute atomic E-state index is 0.284. The minimum Gasteiger partial charge on any atom is -0.497 e. The third-order valence-electron chi connectivity index (χ3n) is 3.92. The molecule has 1 heterocycles. The molecule has 1 amide bonds. The fourth-order valence-corrected chi connectivity index (χ4v) is 2.69. The summed E-state index contributed by atoms with van der Waals surface area (Å²) >= 11 is 5.96. The van der Waals surface area contributed by atoms with Gasteiger partial charge in [0.1, 0.15) is 11.4 Å². The summed E-state index contributed by atoms with van der Waals surface area (Å²) in [5.74, 6) is 0.424. The molecule has 0 bridgehead atoms. The maximum absolute atomic E-state index is 12.8. The average molecular weight is 381 g/mol. The molecule has 0 radical (unpaired) electrons. The van der Waals surface area contributed by atoms with Gasteiger partial charge in [0.05, 0.1) is 31.7 Å². The van der Waals surface area contributed by atoms with Crippen LogP contribution in [0.4, 0.5) is 5.69 Å². The number of halogens is 1. The van der Waals surface area contributed by atoms with E-state index in [1.165, 1.54) is 0 Å². The fourth-order valence-electron chi connectivity index (χ4n) is 2.56. The molecule has 6 nitrogen and oxygen atoms in total. The Morgan fingerprint density at radius 2 is 1.93 bits per heavy atom. The Balaban J connectivity index is 1.91. The molecule has 7 heteroatoms. The number of nitrogens with zero attached hydrogens (tertiary/aromatic N) is 3. The predicted molar refractivity (Wildman–Crippen MR) is 104 cm³/mol. The van der Waals surface area contributed by atoms with Crippen LogP contribution in [-0.4, -0.2) is 22.8 Å². The van der Waals surface area contributed by atoms with Gasteiger partial charge in [-0.1, -0.05) is 23.7 Å². The second-order valence-electron chi connectivity index (χ2n) is 5.75. The smallest absolute Gasteiger partial charge is 0.259 e. The van der Waals surface area contributed by atoms with E-state index in [-0.39, 0.29) is 5.91 Å². The van der Waals surface area contributed by atoms with E-state index >= 15 is 0 Å². The first kappa shape index (κ1) is 18.5. The second kappa shape index (κ2) is 8.39. The molecule has 0 atom stereocenters. The Kier molecular flexibility index (Phi) is 5.74. The summed E-state index contributed by atoms with van der Waals surface area (Å²) in [6.45, 7) is 0.410. The van der Waals surface area contributed by atoms with Gasteiger partial charge in [0.2, 0.25) is 0 Å². The van der Waals surface area contributed by atoms with Gasteiger partial charge in [0.15, 0.2) is 0 Å². The molecule has 0 saturated carbocycles. The molecule has 136 valence electrons. The van der Waals surface area contributed by atoms with E-state index in [2.05, 4.69) is 16.5 Å². The predicted octanol–water partition coefficient (Wildman–Crippen LogP) is 4.38. The standard InChI is InChI=1S/C20H17ClN4O2/c1-27-17-9-7-16(8-10-17)23-20(26)18-13-25(12-2-11-22)24-19(18)14-3-5-15(21)6-4-14/h3-10,13H,2,12H2,1H3,(H,23,26). The molecule has 0 aliphatic rings. The van der Waals surface area contributed by atoms with Crippen LogP contribution in [0, 0.1) is 11.3 Å². The van der Waals surface area contributed by atoms with Crippen molar-refractivity contribution < 1.29 is 9.53 Å². The summed E-state index contributed by atoms with van der Waals surface area (Å²) in [5.41, 5.74) is 2.38. The highest BCUT2D eigenvalue weighted by Gasteiger charge is 2.18. The lowest BCUT2D eigenvalue weighted by molar-refractivity contribution is 0.102. The summed E-state index contributed by atoms with van der Waals surface area (Å²) in [6, 6.07) is 16.3. The largest absolute Gasteiger partial charge is 0.497 e. The molecule has 0 unspecified atom stereocenters. The average Bonchev–Trinajstić information content (AvgIpc) is 3.12. The number of nitrogens with one attached hydrogen (secondary N) is 1. The van der Waals surface area contributed by atoms with Gasteiger partial charge in [-0.3, -0.25) is 9.48 Å². The summed E-state index contributed by atoms with van der Waals surface area (Å²) in [4.78, 5) is 12.8. The highest BCUT2D eigenvalue weighted by Crippen LogP contribution is 2.25. The van der Waals surface area contributed by atoms with Gasteiger partial charge in [0.25, 0.3) is 5.91 Å². The molecular formula is C20H17ClN4O2. The zero-order chi connectivity index (χ0) is 19.2. The van der Waals surface area contributed by atoms with Crippen molar-refractivity contribution in [2.45, 2.75) is 13.0 Å². The summed E-state index contributed by atoms with van der Waals surface area (Å²) < 4.78 is 6.73. The first-order valence-electron chi connectivity index (χ1n) is 8.26. The van der Waals surface area contributed by atoms with Gasteiger partial charge < -0.3 is 10.1 Å². The molecule has 1 aromatic heterocycles. The van der Waals surface area contributed by atoms with E-state index in [1.807, 2.05) is 12.1 Å². The topological polar surface area (TPSA) is 79.9 Å². The number of hydrogen-bond donors (Lipinski definition) is 1. The first-order valence-corrected chi connectivity index (χ1v) is 8.64. The van der Waals surface area contributed by atoms with Crippen molar-refractivity contribution in [1.82, 2.24) is 9.78 Å². The van der Waals surface area contributed by atoms with E-state index in [1.54, 1.807) is 54.4 Å². The highest BCUT2D eigenvalue weighted by molar-refractivity contribution is 6.30. The van der Waals surface area contributed by atoms with Crippen molar-refractivity contribution in [3.63, 3.8) is 0 Å². The van der Waals surface area contributed by atoms with Crippen molar-refractivity contribution in [2.24, 2.45) is 0 Å². The maximum Gasteiger partial charge on any atom is 0.259 e. The number of ether oxygens (including phenoxy) is 1. The van der Waals surface area contributed by atoms with Crippen LogP contribution in [0.2, 0.25) is 5.02 Å². The Morgan fingerprint density at radius 3 is 2.56 bits per heavy atom. The third-order valence-corrected chi connectivity index (χ3v) is 4.18. The summed E-state index contributed by atoms with van der Waals surface area (Å²) in [5, 5.41) is 16.7. The number of carbonyl (C=O) groups excluding carboxylic acids is 1. The van der Waals surface area contributed by atoms with Crippen molar-refractivity contribution in [3.05, 3.63) is 65.3 Å². The first-order chi connectivity index (χ1) is 13.1. The number of hydrogen-bond acceptors (Lipinski definition) is 4. The van der Waals surface area contributed by atoms with Gasteiger partial charge in [-0.15, -0.1) is 0 Å². The van der Waals surface area contributed by atoms with Crippen LogP contribution in [0.25, 0.3) is 11.3 Å². The Hall–Kier alpha value is -3.30. The molecule has 0 spiro atoms. The van der Waals surface area contributed by atoms with Gasteiger partial charge in [-0.05, 0) is 36.4 Å². The molecular weight excluding hydrogens is 364 g/mol. The number of carbonyl (C=O) groups is 1. The number of benzene rings is 2. The van der Waals surface area contributed by atoms with Crippen LogP contribution in [0.15, 0.2) is 54.7 Å². The number of anilines is 1. The number of nitriles is 1. The Morgan fingerprint density at radius 1 is 1.22 bits per heavy atom. The lowest BCUT2D eigenvalue weighted by atomic mass is 10.1. The maximum atomic E-state index is 12.8. The monoisotopic (exact) mass is 380 g/mol. The van der Waals surface area contributed by atoms with E-state index < -0.39 is 0 Å². The van der Waals surface area contributed by atoms with Crippen LogP contribution in [-0.2, 0) is 6.54 Å². The van der Waals surface area contributed by atoms with Crippen LogP contribution in [0.3, 0.4) is 0 Å². The molecule has 0 fully saturated rings. The fraction of sp³-hybridized carbons (Fsp3) is 0.150. The van der Waals surface area contributed by atoms with Gasteiger partial charge >= 0.3 is 0 Å². The molecule has 1 N–H and O–H groups in total. The second-order valence-corrected chi connectivity index (χ2v) is 6.19. The SMILES string of the molecule is COc1ccc(NC(=O)c2cn(CCC#N)nc2-c2ccc(Cl)cc2)cc1. The molecule has 3 rings (SSSR count). The highest BCUT2D eigenvalue weighted by atomic mass is 35.5. The van der Waals surface area contributed by atoms with E-state index in [0.717, 1.165) is 5.56 Å². The number of methoxy groups -OCH3 is 1. The van der Waals surface area contributed by atoms with Crippen molar-refractivity contribution >= 4 is 23.2 Å². The number of aromatic nitrogens is 2. The third kappa shape index (κ3) is 4.46. The van der Waals surface area contributed by atoms with Crippen LogP contribution in [0.1, 0.15) is 16.8 Å². The number of aryl methyl sites for hydroxylation is 1. The Bertz CT molecular complexity index is 973. The molecule has 3 aromatic rings. The lowest BCUT2D eigenvalue weighted by Gasteiger charge is -2.06. The molecule has 2 aromatic carbocycles. The Labute approximate surface area is 161 Å². The summed E-state index contributed by atoms with van der Waals surface area (Å²) in [6.07, 6.45) is 1.96. The minimum atomic E-state index is -0.284. The zero-order valence-corrected chi connectivity index (χ0v) is 15.4. The zero-order valence-electron chi connectivity index (χ0n) is 14.6. The van der Waals surface area contributed by atoms with Crippen LogP contribution >= 0.6 is 11.6 Å². The van der Waals surface area contributed by atoms with Crippen LogP contribution in [0.5, 0.6) is 5.75 Å². The van der Waals surface area contributed by atoms with Crippen molar-refractivity contribution in [2.75, 3.05) is 12.4 Å². The number of rotatable bonds is 6. The summed E-state index contributed by atoms with van der Waals surface area (Å²) in [7, 11) is 1.58. The van der Waals surface area contributed by atoms with Gasteiger partial charge in [0, 0.05) is 22.5 Å². The van der Waals surface area contributed by atoms with Crippen molar-refractivity contribution in [3.8, 4) is 23.1 Å².